The Balaban J connectivity index is 1.66. The summed E-state index contributed by atoms with van der Waals surface area (Å²) in [5.41, 5.74) is 2.76. The van der Waals surface area contributed by atoms with E-state index in [0.29, 0.717) is 17.3 Å². The number of rotatable bonds is 2. The number of anilines is 1. The second-order valence-electron chi connectivity index (χ2n) is 5.95. The van der Waals surface area contributed by atoms with Gasteiger partial charge in [0.2, 0.25) is 0 Å². The number of amides is 2. The van der Waals surface area contributed by atoms with Crippen molar-refractivity contribution < 1.29 is 4.79 Å². The molecule has 1 N–H and O–H groups in total. The van der Waals surface area contributed by atoms with Gasteiger partial charge < -0.3 is 14.8 Å². The molecule has 1 aromatic carbocycles. The normalized spacial score (nSPS) is 16.4. The van der Waals surface area contributed by atoms with Crippen LogP contribution in [0.25, 0.3) is 0 Å². The number of carbonyl (C=O) groups excluding carboxylic acids is 1. The van der Waals surface area contributed by atoms with Crippen LogP contribution in [0.5, 0.6) is 0 Å². The van der Waals surface area contributed by atoms with Crippen molar-refractivity contribution in [3.05, 3.63) is 83.4 Å². The van der Waals surface area contributed by atoms with Crippen LogP contribution >= 0.6 is 11.6 Å². The third-order valence-corrected chi connectivity index (χ3v) is 4.61. The minimum absolute atomic E-state index is 0.149. The molecule has 3 heterocycles. The molecule has 2 amide bonds. The van der Waals surface area contributed by atoms with Gasteiger partial charge in [0.05, 0.1) is 0 Å². The van der Waals surface area contributed by atoms with Crippen molar-refractivity contribution in [1.82, 2.24) is 14.5 Å². The predicted octanol–water partition coefficient (Wildman–Crippen LogP) is 4.17. The molecule has 3 aromatic rings. The molecule has 1 aliphatic rings. The highest BCUT2D eigenvalue weighted by atomic mass is 35.5. The summed E-state index contributed by atoms with van der Waals surface area (Å²) < 4.78 is 2.18. The first-order valence-corrected chi connectivity index (χ1v) is 8.48. The van der Waals surface area contributed by atoms with E-state index >= 15 is 0 Å². The quantitative estimate of drug-likeness (QED) is 0.752. The minimum atomic E-state index is -0.170. The van der Waals surface area contributed by atoms with Crippen molar-refractivity contribution in [2.75, 3.05) is 11.9 Å². The van der Waals surface area contributed by atoms with E-state index in [1.807, 2.05) is 47.6 Å². The summed E-state index contributed by atoms with van der Waals surface area (Å²) in [6.07, 6.45) is 5.60. The maximum absolute atomic E-state index is 12.9. The van der Waals surface area contributed by atoms with Gasteiger partial charge in [0.1, 0.15) is 6.04 Å². The Morgan fingerprint density at radius 3 is 2.88 bits per heavy atom. The van der Waals surface area contributed by atoms with E-state index in [0.717, 1.165) is 17.8 Å². The number of nitrogens with zero attached hydrogens (tertiary/aromatic N) is 3. The number of carbonyl (C=O) groups is 1. The highest BCUT2D eigenvalue weighted by Gasteiger charge is 2.32. The van der Waals surface area contributed by atoms with Crippen LogP contribution in [0.2, 0.25) is 5.02 Å². The zero-order valence-corrected chi connectivity index (χ0v) is 14.2. The Hall–Kier alpha value is -2.79. The van der Waals surface area contributed by atoms with Crippen LogP contribution in [0, 0.1) is 0 Å². The molecule has 0 saturated heterocycles. The topological polar surface area (TPSA) is 50.2 Å². The van der Waals surface area contributed by atoms with Crippen molar-refractivity contribution in [3.8, 4) is 0 Å². The van der Waals surface area contributed by atoms with E-state index in [2.05, 4.69) is 20.9 Å². The fourth-order valence-electron chi connectivity index (χ4n) is 3.25. The highest BCUT2D eigenvalue weighted by molar-refractivity contribution is 6.30. The van der Waals surface area contributed by atoms with Crippen LogP contribution in [0.1, 0.15) is 17.3 Å². The fourth-order valence-corrected chi connectivity index (χ4v) is 3.44. The number of urea groups is 1. The highest BCUT2D eigenvalue weighted by Crippen LogP contribution is 2.32. The van der Waals surface area contributed by atoms with Gasteiger partial charge >= 0.3 is 6.03 Å². The lowest BCUT2D eigenvalue weighted by Crippen LogP contribution is -2.44. The molecule has 6 heteroatoms. The molecule has 0 radical (unpaired) electrons. The molecular weight excluding hydrogens is 336 g/mol. The summed E-state index contributed by atoms with van der Waals surface area (Å²) in [6, 6.07) is 14.8. The monoisotopic (exact) mass is 352 g/mol. The van der Waals surface area contributed by atoms with Gasteiger partial charge in [0.15, 0.2) is 0 Å². The van der Waals surface area contributed by atoms with Crippen LogP contribution in [0.4, 0.5) is 10.5 Å². The summed E-state index contributed by atoms with van der Waals surface area (Å²) in [6.45, 7) is 1.38. The lowest BCUT2D eigenvalue weighted by atomic mass is 10.0. The van der Waals surface area contributed by atoms with Gasteiger partial charge in [-0.15, -0.1) is 0 Å². The standard InChI is InChI=1S/C19H17ClN4O/c20-15-5-1-6-16(12-15)22-19(25)24-11-10-23-9-3-7-17(23)18(24)14-4-2-8-21-13-14/h1-9,12-13,18H,10-11H2,(H,22,25)/t18-/m1/s1. The number of aromatic nitrogens is 2. The molecule has 0 saturated carbocycles. The predicted molar refractivity (Wildman–Crippen MR) is 97.7 cm³/mol. The number of halogens is 1. The summed E-state index contributed by atoms with van der Waals surface area (Å²) in [5.74, 6) is 0. The van der Waals surface area contributed by atoms with Gasteiger partial charge in [-0.2, -0.15) is 0 Å². The minimum Gasteiger partial charge on any atom is -0.348 e. The van der Waals surface area contributed by atoms with Gasteiger partial charge in [-0.1, -0.05) is 23.7 Å². The smallest absolute Gasteiger partial charge is 0.322 e. The van der Waals surface area contributed by atoms with Gasteiger partial charge in [0, 0.05) is 48.1 Å². The van der Waals surface area contributed by atoms with Gasteiger partial charge in [-0.3, -0.25) is 4.98 Å². The molecule has 5 nitrogen and oxygen atoms in total. The summed E-state index contributed by atoms with van der Waals surface area (Å²) in [4.78, 5) is 19.0. The van der Waals surface area contributed by atoms with E-state index in [1.54, 1.807) is 18.3 Å². The van der Waals surface area contributed by atoms with Crippen molar-refractivity contribution in [3.63, 3.8) is 0 Å². The first-order valence-electron chi connectivity index (χ1n) is 8.10. The number of pyridine rings is 1. The molecule has 2 aromatic heterocycles. The van der Waals surface area contributed by atoms with Crippen LogP contribution in [-0.2, 0) is 6.54 Å². The van der Waals surface area contributed by atoms with Crippen LogP contribution in [-0.4, -0.2) is 27.0 Å². The Morgan fingerprint density at radius 2 is 2.08 bits per heavy atom. The van der Waals surface area contributed by atoms with E-state index < -0.39 is 0 Å². The molecule has 4 rings (SSSR count). The first kappa shape index (κ1) is 15.7. The molecule has 126 valence electrons. The maximum Gasteiger partial charge on any atom is 0.322 e. The summed E-state index contributed by atoms with van der Waals surface area (Å²) in [7, 11) is 0. The zero-order chi connectivity index (χ0) is 17.2. The van der Waals surface area contributed by atoms with E-state index in [-0.39, 0.29) is 12.1 Å². The Bertz CT molecular complexity index is 893. The molecule has 0 fully saturated rings. The molecule has 25 heavy (non-hydrogen) atoms. The largest absolute Gasteiger partial charge is 0.348 e. The van der Waals surface area contributed by atoms with Gasteiger partial charge in [0.25, 0.3) is 0 Å². The van der Waals surface area contributed by atoms with Crippen molar-refractivity contribution in [2.45, 2.75) is 12.6 Å². The Kier molecular flexibility index (Phi) is 4.15. The molecule has 1 atom stereocenters. The van der Waals surface area contributed by atoms with E-state index in [1.165, 1.54) is 0 Å². The molecule has 1 aliphatic heterocycles. The van der Waals surface area contributed by atoms with E-state index in [9.17, 15) is 4.79 Å². The molecule has 0 unspecified atom stereocenters. The number of hydrogen-bond donors (Lipinski definition) is 1. The van der Waals surface area contributed by atoms with Crippen LogP contribution in [0.3, 0.4) is 0 Å². The fraction of sp³-hybridized carbons (Fsp3) is 0.158. The van der Waals surface area contributed by atoms with Crippen molar-refractivity contribution in [2.24, 2.45) is 0 Å². The third-order valence-electron chi connectivity index (χ3n) is 4.38. The molecule has 0 spiro atoms. The average Bonchev–Trinajstić information content (AvgIpc) is 3.10. The molecule has 0 aliphatic carbocycles. The lowest BCUT2D eigenvalue weighted by Gasteiger charge is -2.37. The maximum atomic E-state index is 12.9. The van der Waals surface area contributed by atoms with E-state index in [4.69, 9.17) is 11.6 Å². The van der Waals surface area contributed by atoms with Crippen LogP contribution in [0.15, 0.2) is 67.1 Å². The second-order valence-corrected chi connectivity index (χ2v) is 6.39. The SMILES string of the molecule is O=C(Nc1cccc(Cl)c1)N1CCn2cccc2[C@H]1c1cccnc1. The van der Waals surface area contributed by atoms with Gasteiger partial charge in [-0.05, 0) is 42.0 Å². The lowest BCUT2D eigenvalue weighted by molar-refractivity contribution is 0.181. The summed E-state index contributed by atoms with van der Waals surface area (Å²) >= 11 is 6.01. The number of hydrogen-bond acceptors (Lipinski definition) is 2. The average molecular weight is 353 g/mol. The number of benzene rings is 1. The Morgan fingerprint density at radius 1 is 1.16 bits per heavy atom. The summed E-state index contributed by atoms with van der Waals surface area (Å²) in [5, 5.41) is 3.54. The van der Waals surface area contributed by atoms with Gasteiger partial charge in [-0.25, -0.2) is 4.79 Å². The second kappa shape index (κ2) is 6.61. The van der Waals surface area contributed by atoms with Crippen molar-refractivity contribution in [1.29, 1.82) is 0 Å². The number of fused-ring (bicyclic) bond motifs is 1. The third kappa shape index (κ3) is 3.10. The van der Waals surface area contributed by atoms with Crippen molar-refractivity contribution >= 4 is 23.3 Å². The zero-order valence-electron chi connectivity index (χ0n) is 13.5. The van der Waals surface area contributed by atoms with Crippen LogP contribution < -0.4 is 5.32 Å². The molecular formula is C19H17ClN4O. The first-order chi connectivity index (χ1) is 12.2. The molecule has 0 bridgehead atoms. The Labute approximate surface area is 150 Å². The number of nitrogens with one attached hydrogen (secondary N) is 1.